The summed E-state index contributed by atoms with van der Waals surface area (Å²) in [4.78, 5) is 20.6. The van der Waals surface area contributed by atoms with E-state index in [-0.39, 0.29) is 12.5 Å². The molecule has 1 N–H and O–H groups in total. The average Bonchev–Trinajstić information content (AvgIpc) is 2.16. The van der Waals surface area contributed by atoms with Gasteiger partial charge >= 0.3 is 0 Å². The molecule has 0 bridgehead atoms. The second-order valence-electron chi connectivity index (χ2n) is 2.87. The van der Waals surface area contributed by atoms with Gasteiger partial charge in [-0.05, 0) is 15.9 Å². The van der Waals surface area contributed by atoms with Crippen LogP contribution in [0, 0.1) is 0 Å². The van der Waals surface area contributed by atoms with Crippen LogP contribution in [0.1, 0.15) is 0 Å². The molecule has 1 aromatic rings. The average molecular weight is 259 g/mol. The van der Waals surface area contributed by atoms with Crippen LogP contribution < -0.4 is 5.32 Å². The maximum atomic E-state index is 11.2. The zero-order valence-corrected chi connectivity index (χ0v) is 9.58. The van der Waals surface area contributed by atoms with Gasteiger partial charge in [0.05, 0.1) is 11.0 Å². The summed E-state index contributed by atoms with van der Waals surface area (Å²) >= 11 is 3.22. The molecule has 14 heavy (non-hydrogen) atoms. The van der Waals surface area contributed by atoms with Crippen LogP contribution >= 0.6 is 15.9 Å². The van der Waals surface area contributed by atoms with E-state index in [2.05, 4.69) is 31.2 Å². The van der Waals surface area contributed by atoms with Crippen molar-refractivity contribution in [3.63, 3.8) is 0 Å². The van der Waals surface area contributed by atoms with Crippen LogP contribution in [0.3, 0.4) is 0 Å². The number of rotatable bonds is 3. The van der Waals surface area contributed by atoms with Crippen molar-refractivity contribution in [2.75, 3.05) is 26.0 Å². The quantitative estimate of drug-likeness (QED) is 0.869. The van der Waals surface area contributed by atoms with Gasteiger partial charge in [-0.15, -0.1) is 0 Å². The smallest absolute Gasteiger partial charge is 0.241 e. The van der Waals surface area contributed by atoms with E-state index in [0.717, 1.165) is 4.47 Å². The second kappa shape index (κ2) is 4.90. The maximum absolute atomic E-state index is 11.2. The topological polar surface area (TPSA) is 58.1 Å². The lowest BCUT2D eigenvalue weighted by atomic mass is 10.5. The number of amides is 1. The van der Waals surface area contributed by atoms with Gasteiger partial charge in [0.15, 0.2) is 0 Å². The van der Waals surface area contributed by atoms with Crippen molar-refractivity contribution in [3.05, 3.63) is 16.9 Å². The fraction of sp³-hybridized carbons (Fsp3) is 0.375. The first-order chi connectivity index (χ1) is 6.59. The number of nitrogens with zero attached hydrogens (tertiary/aromatic N) is 3. The number of carbonyl (C=O) groups is 1. The van der Waals surface area contributed by atoms with E-state index in [1.165, 1.54) is 4.90 Å². The molecule has 5 nitrogen and oxygen atoms in total. The maximum Gasteiger partial charge on any atom is 0.241 e. The summed E-state index contributed by atoms with van der Waals surface area (Å²) in [5.41, 5.74) is 0. The number of aromatic nitrogens is 2. The fourth-order valence-corrected chi connectivity index (χ4v) is 0.921. The van der Waals surface area contributed by atoms with Gasteiger partial charge in [0, 0.05) is 26.5 Å². The fourth-order valence-electron chi connectivity index (χ4n) is 0.716. The van der Waals surface area contributed by atoms with Crippen molar-refractivity contribution in [1.29, 1.82) is 0 Å². The minimum absolute atomic E-state index is 0.0171. The number of anilines is 1. The zero-order chi connectivity index (χ0) is 10.6. The lowest BCUT2D eigenvalue weighted by Crippen LogP contribution is -2.29. The van der Waals surface area contributed by atoms with Crippen LogP contribution in [0.4, 0.5) is 5.95 Å². The summed E-state index contributed by atoms with van der Waals surface area (Å²) in [5.74, 6) is 0.430. The van der Waals surface area contributed by atoms with E-state index < -0.39 is 0 Å². The third kappa shape index (κ3) is 3.29. The molecule has 1 amide bonds. The predicted octanol–water partition coefficient (Wildman–Crippen LogP) is 0.739. The molecule has 1 aromatic heterocycles. The molecule has 0 spiro atoms. The largest absolute Gasteiger partial charge is 0.347 e. The van der Waals surface area contributed by atoms with Crippen LogP contribution in [-0.4, -0.2) is 41.4 Å². The molecular formula is C8H11BrN4O. The van der Waals surface area contributed by atoms with Gasteiger partial charge in [-0.25, -0.2) is 9.97 Å². The summed E-state index contributed by atoms with van der Waals surface area (Å²) in [6.45, 7) is 0.203. The lowest BCUT2D eigenvalue weighted by molar-refractivity contribution is -0.126. The Labute approximate surface area is 90.7 Å². The van der Waals surface area contributed by atoms with Crippen molar-refractivity contribution < 1.29 is 4.79 Å². The minimum atomic E-state index is -0.0171. The van der Waals surface area contributed by atoms with Crippen molar-refractivity contribution in [2.24, 2.45) is 0 Å². The van der Waals surface area contributed by atoms with Crippen molar-refractivity contribution in [3.8, 4) is 0 Å². The van der Waals surface area contributed by atoms with Crippen molar-refractivity contribution in [1.82, 2.24) is 14.9 Å². The molecule has 0 fully saturated rings. The zero-order valence-electron chi connectivity index (χ0n) is 7.99. The van der Waals surface area contributed by atoms with Gasteiger partial charge in [0.25, 0.3) is 0 Å². The van der Waals surface area contributed by atoms with Gasteiger partial charge in [-0.3, -0.25) is 4.79 Å². The molecule has 0 atom stereocenters. The van der Waals surface area contributed by atoms with E-state index in [4.69, 9.17) is 0 Å². The highest BCUT2D eigenvalue weighted by atomic mass is 79.9. The molecule has 0 aliphatic carbocycles. The third-order valence-corrected chi connectivity index (χ3v) is 1.93. The van der Waals surface area contributed by atoms with E-state index >= 15 is 0 Å². The first kappa shape index (κ1) is 10.9. The Balaban J connectivity index is 2.46. The van der Waals surface area contributed by atoms with Crippen LogP contribution in [-0.2, 0) is 4.79 Å². The molecule has 0 aromatic carbocycles. The molecule has 0 saturated heterocycles. The van der Waals surface area contributed by atoms with Crippen molar-refractivity contribution >= 4 is 27.8 Å². The van der Waals surface area contributed by atoms with Gasteiger partial charge in [-0.1, -0.05) is 0 Å². The highest BCUT2D eigenvalue weighted by Crippen LogP contribution is 2.06. The van der Waals surface area contributed by atoms with Crippen LogP contribution in [0.2, 0.25) is 0 Å². The highest BCUT2D eigenvalue weighted by molar-refractivity contribution is 9.10. The standard InChI is InChI=1S/C8H11BrN4O/c1-13(2)7(14)5-12-8-10-3-6(9)4-11-8/h3-4H,5H2,1-2H3,(H,10,11,12). The second-order valence-corrected chi connectivity index (χ2v) is 3.78. The summed E-state index contributed by atoms with van der Waals surface area (Å²) in [5, 5.41) is 2.82. The van der Waals surface area contributed by atoms with Crippen molar-refractivity contribution in [2.45, 2.75) is 0 Å². The normalized spacial score (nSPS) is 9.64. The molecule has 1 heterocycles. The van der Waals surface area contributed by atoms with Crippen LogP contribution in [0.15, 0.2) is 16.9 Å². The number of halogens is 1. The summed E-state index contributed by atoms with van der Waals surface area (Å²) in [7, 11) is 3.40. The highest BCUT2D eigenvalue weighted by Gasteiger charge is 2.03. The van der Waals surface area contributed by atoms with Crippen LogP contribution in [0.25, 0.3) is 0 Å². The Morgan fingerprint density at radius 3 is 2.57 bits per heavy atom. The summed E-state index contributed by atoms with van der Waals surface area (Å²) < 4.78 is 0.807. The molecule has 0 unspecified atom stereocenters. The van der Waals surface area contributed by atoms with Gasteiger partial charge in [0.2, 0.25) is 11.9 Å². The first-order valence-corrected chi connectivity index (χ1v) is 4.80. The Bertz CT molecular complexity index is 312. The summed E-state index contributed by atoms with van der Waals surface area (Å²) in [6, 6.07) is 0. The number of hydrogen-bond donors (Lipinski definition) is 1. The SMILES string of the molecule is CN(C)C(=O)CNc1ncc(Br)cn1. The Morgan fingerprint density at radius 2 is 2.07 bits per heavy atom. The van der Waals surface area contributed by atoms with Gasteiger partial charge in [-0.2, -0.15) is 0 Å². The first-order valence-electron chi connectivity index (χ1n) is 4.01. The van der Waals surface area contributed by atoms with Crippen LogP contribution in [0.5, 0.6) is 0 Å². The van der Waals surface area contributed by atoms with E-state index in [1.807, 2.05) is 0 Å². The number of hydrogen-bond acceptors (Lipinski definition) is 4. The van der Waals surface area contributed by atoms with Gasteiger partial charge < -0.3 is 10.2 Å². The molecule has 0 aliphatic heterocycles. The molecule has 76 valence electrons. The number of likely N-dealkylation sites (N-methyl/N-ethyl adjacent to an activating group) is 1. The van der Waals surface area contributed by atoms with E-state index in [1.54, 1.807) is 26.5 Å². The minimum Gasteiger partial charge on any atom is -0.347 e. The summed E-state index contributed by atoms with van der Waals surface area (Å²) in [6.07, 6.45) is 3.24. The number of nitrogens with one attached hydrogen (secondary N) is 1. The Hall–Kier alpha value is -1.17. The van der Waals surface area contributed by atoms with Gasteiger partial charge in [0.1, 0.15) is 0 Å². The molecular weight excluding hydrogens is 248 g/mol. The monoisotopic (exact) mass is 258 g/mol. The Kier molecular flexibility index (Phi) is 3.82. The Morgan fingerprint density at radius 1 is 1.50 bits per heavy atom. The third-order valence-electron chi connectivity index (χ3n) is 1.52. The van der Waals surface area contributed by atoms with E-state index in [0.29, 0.717) is 5.95 Å². The lowest BCUT2D eigenvalue weighted by Gasteiger charge is -2.10. The molecule has 6 heteroatoms. The number of carbonyl (C=O) groups excluding carboxylic acids is 1. The molecule has 0 aliphatic rings. The molecule has 0 saturated carbocycles. The molecule has 0 radical (unpaired) electrons. The predicted molar refractivity (Wildman–Crippen MR) is 56.9 cm³/mol. The van der Waals surface area contributed by atoms with E-state index in [9.17, 15) is 4.79 Å². The molecule has 1 rings (SSSR count).